The Morgan fingerprint density at radius 2 is 2.00 bits per heavy atom. The number of aliphatic hydroxyl groups excluding tert-OH is 1. The number of hydrogen-bond donors (Lipinski definition) is 3. The van der Waals surface area contributed by atoms with Crippen molar-refractivity contribution in [2.45, 2.75) is 52.0 Å². The van der Waals surface area contributed by atoms with Gasteiger partial charge in [0, 0.05) is 24.6 Å². The molecule has 0 aromatic carbocycles. The molecule has 1 fully saturated rings. The Hall–Kier alpha value is -0.120. The van der Waals surface area contributed by atoms with Gasteiger partial charge in [0.15, 0.2) is 0 Å². The van der Waals surface area contributed by atoms with Crippen molar-refractivity contribution in [2.75, 3.05) is 26.2 Å². The Morgan fingerprint density at radius 3 is 2.62 bits per heavy atom. The first kappa shape index (κ1) is 13.9. The van der Waals surface area contributed by atoms with Crippen LogP contribution in [-0.4, -0.2) is 37.4 Å². The van der Waals surface area contributed by atoms with Gasteiger partial charge in [0.1, 0.15) is 0 Å². The van der Waals surface area contributed by atoms with Crippen LogP contribution in [0.25, 0.3) is 0 Å². The zero-order valence-corrected chi connectivity index (χ0v) is 10.9. The summed E-state index contributed by atoms with van der Waals surface area (Å²) in [5, 5.41) is 16.6. The average Bonchev–Trinajstić information content (AvgIpc) is 2.60. The smallest absolute Gasteiger partial charge is 0.0499 e. The monoisotopic (exact) mass is 228 g/mol. The number of aliphatic hydroxyl groups is 1. The quantitative estimate of drug-likeness (QED) is 0.646. The highest BCUT2D eigenvalue weighted by Crippen LogP contribution is 2.25. The fraction of sp³-hybridized carbons (Fsp3) is 1.00. The Bertz CT molecular complexity index is 165. The van der Waals surface area contributed by atoms with Crippen LogP contribution in [0.5, 0.6) is 0 Å². The third-order valence-electron chi connectivity index (χ3n) is 4.18. The van der Waals surface area contributed by atoms with Crippen LogP contribution in [0.1, 0.15) is 46.0 Å². The zero-order valence-electron chi connectivity index (χ0n) is 10.9. The van der Waals surface area contributed by atoms with Crippen molar-refractivity contribution in [3.63, 3.8) is 0 Å². The highest BCUT2D eigenvalue weighted by Gasteiger charge is 2.26. The molecule has 0 aliphatic carbocycles. The molecule has 3 heteroatoms. The van der Waals surface area contributed by atoms with Crippen LogP contribution in [0.2, 0.25) is 0 Å². The largest absolute Gasteiger partial charge is 0.396 e. The third-order valence-corrected chi connectivity index (χ3v) is 4.18. The summed E-state index contributed by atoms with van der Waals surface area (Å²) in [6, 6.07) is 0.638. The first-order chi connectivity index (χ1) is 7.76. The number of nitrogens with one attached hydrogen (secondary N) is 2. The summed E-state index contributed by atoms with van der Waals surface area (Å²) < 4.78 is 0. The van der Waals surface area contributed by atoms with Gasteiger partial charge in [-0.05, 0) is 45.2 Å². The normalized spacial score (nSPS) is 23.1. The van der Waals surface area contributed by atoms with E-state index in [2.05, 4.69) is 24.5 Å². The first-order valence-electron chi connectivity index (χ1n) is 6.81. The van der Waals surface area contributed by atoms with Crippen molar-refractivity contribution in [1.29, 1.82) is 0 Å². The molecule has 3 nitrogen and oxygen atoms in total. The van der Waals surface area contributed by atoms with Gasteiger partial charge in [-0.25, -0.2) is 0 Å². The molecule has 0 spiro atoms. The Labute approximate surface area is 100 Å². The SMILES string of the molecule is CCC(CC)(CO)CNC1CCCNCC1. The van der Waals surface area contributed by atoms with Crippen LogP contribution in [0.15, 0.2) is 0 Å². The van der Waals surface area contributed by atoms with E-state index in [9.17, 15) is 5.11 Å². The lowest BCUT2D eigenvalue weighted by atomic mass is 9.83. The van der Waals surface area contributed by atoms with Crippen molar-refractivity contribution < 1.29 is 5.11 Å². The zero-order chi connectivity index (χ0) is 11.9. The molecule has 3 N–H and O–H groups in total. The summed E-state index contributed by atoms with van der Waals surface area (Å²) in [5.74, 6) is 0. The molecule has 1 aliphatic heterocycles. The molecule has 0 radical (unpaired) electrons. The van der Waals surface area contributed by atoms with Gasteiger partial charge in [-0.2, -0.15) is 0 Å². The molecule has 0 amide bonds. The van der Waals surface area contributed by atoms with Gasteiger partial charge in [0.05, 0.1) is 0 Å². The maximum atomic E-state index is 9.51. The van der Waals surface area contributed by atoms with Gasteiger partial charge in [0.25, 0.3) is 0 Å². The molecular weight excluding hydrogens is 200 g/mol. The molecule has 1 rings (SSSR count). The average molecular weight is 228 g/mol. The standard InChI is InChI=1S/C13H28N2O/c1-3-13(4-2,11-16)10-15-12-6-5-8-14-9-7-12/h12,14-16H,3-11H2,1-2H3. The van der Waals surface area contributed by atoms with E-state index in [1.807, 2.05) is 0 Å². The molecule has 1 unspecified atom stereocenters. The van der Waals surface area contributed by atoms with E-state index >= 15 is 0 Å². The van der Waals surface area contributed by atoms with Gasteiger partial charge in [-0.1, -0.05) is 13.8 Å². The Kier molecular flexibility index (Phi) is 6.32. The topological polar surface area (TPSA) is 44.3 Å². The van der Waals surface area contributed by atoms with Crippen LogP contribution in [0, 0.1) is 5.41 Å². The van der Waals surface area contributed by atoms with Crippen LogP contribution >= 0.6 is 0 Å². The molecule has 1 saturated heterocycles. The van der Waals surface area contributed by atoms with Crippen molar-refractivity contribution in [3.8, 4) is 0 Å². The Morgan fingerprint density at radius 1 is 1.25 bits per heavy atom. The third kappa shape index (κ3) is 4.04. The van der Waals surface area contributed by atoms with Crippen molar-refractivity contribution in [3.05, 3.63) is 0 Å². The summed E-state index contributed by atoms with van der Waals surface area (Å²) in [4.78, 5) is 0. The summed E-state index contributed by atoms with van der Waals surface area (Å²) in [5.41, 5.74) is 0.0970. The highest BCUT2D eigenvalue weighted by atomic mass is 16.3. The molecule has 1 heterocycles. The van der Waals surface area contributed by atoms with Gasteiger partial charge < -0.3 is 15.7 Å². The maximum Gasteiger partial charge on any atom is 0.0499 e. The van der Waals surface area contributed by atoms with E-state index < -0.39 is 0 Å². The minimum Gasteiger partial charge on any atom is -0.396 e. The number of rotatable bonds is 6. The fourth-order valence-corrected chi connectivity index (χ4v) is 2.36. The van der Waals surface area contributed by atoms with Gasteiger partial charge in [0.2, 0.25) is 0 Å². The summed E-state index contributed by atoms with van der Waals surface area (Å²) in [6.45, 7) is 7.90. The lowest BCUT2D eigenvalue weighted by Crippen LogP contribution is -2.41. The molecule has 0 aromatic rings. The van der Waals surface area contributed by atoms with Gasteiger partial charge >= 0.3 is 0 Å². The molecule has 0 saturated carbocycles. The van der Waals surface area contributed by atoms with Gasteiger partial charge in [-0.3, -0.25) is 0 Å². The predicted molar refractivity (Wildman–Crippen MR) is 68.6 cm³/mol. The second-order valence-electron chi connectivity index (χ2n) is 5.12. The molecule has 96 valence electrons. The second-order valence-corrected chi connectivity index (χ2v) is 5.12. The van der Waals surface area contributed by atoms with E-state index in [4.69, 9.17) is 0 Å². The van der Waals surface area contributed by atoms with Crippen molar-refractivity contribution in [2.24, 2.45) is 5.41 Å². The predicted octanol–water partition coefficient (Wildman–Crippen LogP) is 1.52. The van der Waals surface area contributed by atoms with E-state index in [0.717, 1.165) is 32.5 Å². The fourth-order valence-electron chi connectivity index (χ4n) is 2.36. The minimum atomic E-state index is 0.0970. The van der Waals surface area contributed by atoms with E-state index in [-0.39, 0.29) is 5.41 Å². The van der Waals surface area contributed by atoms with E-state index in [1.165, 1.54) is 19.3 Å². The highest BCUT2D eigenvalue weighted by molar-refractivity contribution is 4.81. The molecule has 0 bridgehead atoms. The minimum absolute atomic E-state index is 0.0970. The van der Waals surface area contributed by atoms with Crippen LogP contribution in [0.4, 0.5) is 0 Å². The van der Waals surface area contributed by atoms with Crippen molar-refractivity contribution >= 4 is 0 Å². The molecule has 1 aliphatic rings. The summed E-state index contributed by atoms with van der Waals surface area (Å²) >= 11 is 0. The summed E-state index contributed by atoms with van der Waals surface area (Å²) in [7, 11) is 0. The number of hydrogen-bond acceptors (Lipinski definition) is 3. The summed E-state index contributed by atoms with van der Waals surface area (Å²) in [6.07, 6.45) is 5.86. The molecule has 16 heavy (non-hydrogen) atoms. The Balaban J connectivity index is 2.35. The first-order valence-corrected chi connectivity index (χ1v) is 6.81. The lowest BCUT2D eigenvalue weighted by Gasteiger charge is -2.31. The van der Waals surface area contributed by atoms with Crippen molar-refractivity contribution in [1.82, 2.24) is 10.6 Å². The second kappa shape index (κ2) is 7.25. The van der Waals surface area contributed by atoms with Crippen LogP contribution in [0.3, 0.4) is 0 Å². The maximum absolute atomic E-state index is 9.51. The molecular formula is C13H28N2O. The van der Waals surface area contributed by atoms with Gasteiger partial charge in [-0.15, -0.1) is 0 Å². The van der Waals surface area contributed by atoms with Crippen LogP contribution in [-0.2, 0) is 0 Å². The molecule has 0 aromatic heterocycles. The van der Waals surface area contributed by atoms with E-state index in [0.29, 0.717) is 12.6 Å². The van der Waals surface area contributed by atoms with Crippen LogP contribution < -0.4 is 10.6 Å². The lowest BCUT2D eigenvalue weighted by molar-refractivity contribution is 0.109. The molecule has 1 atom stereocenters. The van der Waals surface area contributed by atoms with E-state index in [1.54, 1.807) is 0 Å².